The van der Waals surface area contributed by atoms with Crippen LogP contribution in [0.25, 0.3) is 0 Å². The molecule has 0 amide bonds. The van der Waals surface area contributed by atoms with E-state index in [9.17, 15) is 4.79 Å². The molecule has 1 unspecified atom stereocenters. The molecule has 68 valence electrons. The van der Waals surface area contributed by atoms with Crippen LogP contribution in [0.4, 0.5) is 0 Å². The predicted molar refractivity (Wildman–Crippen MR) is 47.8 cm³/mol. The maximum Gasteiger partial charge on any atom is 0.346 e. The molecule has 0 aromatic heterocycles. The number of carbonyl (C=O) groups is 1. The fraction of sp³-hybridized carbons (Fsp3) is 0.625. The van der Waals surface area contributed by atoms with Gasteiger partial charge in [-0.25, -0.2) is 4.79 Å². The van der Waals surface area contributed by atoms with Crippen molar-refractivity contribution in [1.82, 2.24) is 0 Å². The molecule has 0 bridgehead atoms. The zero-order chi connectivity index (χ0) is 8.97. The molecule has 0 aliphatic carbocycles. The third-order valence-corrected chi connectivity index (χ3v) is 1.79. The van der Waals surface area contributed by atoms with Gasteiger partial charge in [0, 0.05) is 6.42 Å². The van der Waals surface area contributed by atoms with E-state index in [4.69, 9.17) is 9.47 Å². The van der Waals surface area contributed by atoms with Gasteiger partial charge < -0.3 is 9.47 Å². The molecule has 0 saturated carbocycles. The topological polar surface area (TPSA) is 35.5 Å². The van der Waals surface area contributed by atoms with Crippen molar-refractivity contribution in [3.63, 3.8) is 0 Å². The lowest BCUT2D eigenvalue weighted by atomic mass is 10.2. The average molecular weight is 188 g/mol. The maximum absolute atomic E-state index is 10.9. The van der Waals surface area contributed by atoms with Crippen LogP contribution in [0, 0.1) is 0 Å². The van der Waals surface area contributed by atoms with Crippen molar-refractivity contribution in [2.45, 2.75) is 25.6 Å². The highest BCUT2D eigenvalue weighted by Gasteiger charge is 2.18. The van der Waals surface area contributed by atoms with Crippen molar-refractivity contribution in [2.24, 2.45) is 0 Å². The molecule has 1 heterocycles. The first-order chi connectivity index (χ1) is 5.70. The summed E-state index contributed by atoms with van der Waals surface area (Å²) in [5.41, 5.74) is 0. The summed E-state index contributed by atoms with van der Waals surface area (Å²) in [6.07, 6.45) is 2.45. The van der Waals surface area contributed by atoms with Crippen LogP contribution in [0.15, 0.2) is 11.5 Å². The molecular formula is C8H12O3S. The predicted octanol–water partition coefficient (Wildman–Crippen LogP) is 1.50. The Morgan fingerprint density at radius 3 is 2.83 bits per heavy atom. The van der Waals surface area contributed by atoms with Crippen LogP contribution in [0.5, 0.6) is 0 Å². The Hall–Kier alpha value is -0.480. The number of thiol groups is 1. The highest BCUT2D eigenvalue weighted by molar-refractivity contribution is 7.85. The van der Waals surface area contributed by atoms with Crippen LogP contribution in [0.3, 0.4) is 0 Å². The molecule has 1 fully saturated rings. The third kappa shape index (κ3) is 2.87. The average Bonchev–Trinajstić information content (AvgIpc) is 2.06. The first-order valence-electron chi connectivity index (χ1n) is 3.90. The second-order valence-electron chi connectivity index (χ2n) is 2.65. The second-order valence-corrected chi connectivity index (χ2v) is 3.19. The summed E-state index contributed by atoms with van der Waals surface area (Å²) in [7, 11) is 0. The van der Waals surface area contributed by atoms with Crippen molar-refractivity contribution in [1.29, 1.82) is 0 Å². The zero-order valence-corrected chi connectivity index (χ0v) is 7.68. The lowest BCUT2D eigenvalue weighted by Gasteiger charge is -2.22. The highest BCUT2D eigenvalue weighted by Crippen LogP contribution is 2.15. The minimum atomic E-state index is -0.495. The summed E-state index contributed by atoms with van der Waals surface area (Å²) in [5.74, 6) is -0.495. The van der Waals surface area contributed by atoms with Crippen molar-refractivity contribution in [2.75, 3.05) is 6.61 Å². The van der Waals surface area contributed by atoms with Crippen molar-refractivity contribution in [3.8, 4) is 0 Å². The van der Waals surface area contributed by atoms with Gasteiger partial charge in [0.25, 0.3) is 0 Å². The van der Waals surface area contributed by atoms with E-state index in [1.807, 2.05) is 0 Å². The van der Waals surface area contributed by atoms with Gasteiger partial charge in [0.05, 0.1) is 11.5 Å². The number of ether oxygens (including phenoxy) is 2. The van der Waals surface area contributed by atoms with E-state index < -0.39 is 12.3 Å². The van der Waals surface area contributed by atoms with Gasteiger partial charge in [-0.15, -0.1) is 12.6 Å². The monoisotopic (exact) mass is 188 g/mol. The summed E-state index contributed by atoms with van der Waals surface area (Å²) >= 11 is 3.77. The standard InChI is InChI=1S/C8H12O3S/c1-6(12)8(9)11-7-4-2-3-5-10-7/h7,12H,1-5H2. The van der Waals surface area contributed by atoms with Gasteiger partial charge in [-0.1, -0.05) is 6.58 Å². The molecule has 3 nitrogen and oxygen atoms in total. The number of esters is 1. The minimum absolute atomic E-state index is 0.115. The molecule has 1 saturated heterocycles. The quantitative estimate of drug-likeness (QED) is 0.405. The van der Waals surface area contributed by atoms with E-state index in [1.54, 1.807) is 0 Å². The molecule has 0 aromatic carbocycles. The molecule has 1 aliphatic heterocycles. The Kier molecular flexibility index (Phi) is 3.62. The van der Waals surface area contributed by atoms with Crippen molar-refractivity contribution >= 4 is 18.6 Å². The summed E-state index contributed by atoms with van der Waals surface area (Å²) in [4.78, 5) is 11.0. The van der Waals surface area contributed by atoms with Crippen molar-refractivity contribution < 1.29 is 14.3 Å². The van der Waals surface area contributed by atoms with Crippen LogP contribution in [-0.2, 0) is 14.3 Å². The molecule has 1 atom stereocenters. The second kappa shape index (κ2) is 4.52. The molecule has 0 radical (unpaired) electrons. The fourth-order valence-electron chi connectivity index (χ4n) is 0.992. The minimum Gasteiger partial charge on any atom is -0.432 e. The zero-order valence-electron chi connectivity index (χ0n) is 6.78. The van der Waals surface area contributed by atoms with E-state index >= 15 is 0 Å². The fourth-order valence-corrected chi connectivity index (χ4v) is 1.04. The number of hydrogen-bond acceptors (Lipinski definition) is 4. The lowest BCUT2D eigenvalue weighted by molar-refractivity contribution is -0.181. The highest BCUT2D eigenvalue weighted by atomic mass is 32.1. The molecule has 0 spiro atoms. The van der Waals surface area contributed by atoms with Crippen LogP contribution in [-0.4, -0.2) is 18.9 Å². The third-order valence-electron chi connectivity index (χ3n) is 1.61. The van der Waals surface area contributed by atoms with Gasteiger partial charge in [-0.3, -0.25) is 0 Å². The van der Waals surface area contributed by atoms with Gasteiger partial charge >= 0.3 is 5.97 Å². The molecule has 1 rings (SSSR count). The van der Waals surface area contributed by atoms with E-state index in [1.165, 1.54) is 0 Å². The van der Waals surface area contributed by atoms with Gasteiger partial charge in [0.1, 0.15) is 0 Å². The van der Waals surface area contributed by atoms with E-state index in [0.29, 0.717) is 6.61 Å². The number of carbonyl (C=O) groups excluding carboxylic acids is 1. The molecular weight excluding hydrogens is 176 g/mol. The largest absolute Gasteiger partial charge is 0.432 e. The number of hydrogen-bond donors (Lipinski definition) is 1. The molecule has 0 aromatic rings. The Labute approximate surface area is 77.1 Å². The lowest BCUT2D eigenvalue weighted by Crippen LogP contribution is -2.25. The van der Waals surface area contributed by atoms with E-state index in [0.717, 1.165) is 19.3 Å². The smallest absolute Gasteiger partial charge is 0.346 e. The van der Waals surface area contributed by atoms with Crippen LogP contribution in [0.2, 0.25) is 0 Å². The summed E-state index contributed by atoms with van der Waals surface area (Å²) in [5, 5.41) is 0. The summed E-state index contributed by atoms with van der Waals surface area (Å²) < 4.78 is 10.1. The van der Waals surface area contributed by atoms with E-state index in [2.05, 4.69) is 19.2 Å². The van der Waals surface area contributed by atoms with Gasteiger partial charge in [0.2, 0.25) is 6.29 Å². The normalized spacial score (nSPS) is 23.2. The molecule has 12 heavy (non-hydrogen) atoms. The molecule has 0 N–H and O–H groups in total. The molecule has 4 heteroatoms. The SMILES string of the molecule is C=C(S)C(=O)OC1CCCCO1. The summed E-state index contributed by atoms with van der Waals surface area (Å²) in [6, 6.07) is 0. The van der Waals surface area contributed by atoms with Crippen LogP contribution < -0.4 is 0 Å². The first kappa shape index (κ1) is 9.61. The number of rotatable bonds is 2. The first-order valence-corrected chi connectivity index (χ1v) is 4.35. The van der Waals surface area contributed by atoms with Crippen LogP contribution >= 0.6 is 12.6 Å². The van der Waals surface area contributed by atoms with Crippen molar-refractivity contribution in [3.05, 3.63) is 11.5 Å². The van der Waals surface area contributed by atoms with Crippen LogP contribution in [0.1, 0.15) is 19.3 Å². The Bertz CT molecular complexity index is 185. The Balaban J connectivity index is 2.29. The Morgan fingerprint density at radius 1 is 1.58 bits per heavy atom. The van der Waals surface area contributed by atoms with Gasteiger partial charge in [0.15, 0.2) is 0 Å². The molecule has 1 aliphatic rings. The van der Waals surface area contributed by atoms with Gasteiger partial charge in [-0.05, 0) is 12.8 Å². The Morgan fingerprint density at radius 2 is 2.33 bits per heavy atom. The van der Waals surface area contributed by atoms with E-state index in [-0.39, 0.29) is 4.91 Å². The summed E-state index contributed by atoms with van der Waals surface area (Å²) in [6.45, 7) is 4.02. The maximum atomic E-state index is 10.9. The van der Waals surface area contributed by atoms with Gasteiger partial charge in [-0.2, -0.15) is 0 Å².